The van der Waals surface area contributed by atoms with Crippen LogP contribution in [0.1, 0.15) is 29.1 Å². The van der Waals surface area contributed by atoms with Crippen molar-refractivity contribution < 1.29 is 9.32 Å². The van der Waals surface area contributed by atoms with Crippen LogP contribution in [0.5, 0.6) is 0 Å². The number of hydrogen-bond donors (Lipinski definition) is 0. The lowest BCUT2D eigenvalue weighted by atomic mass is 9.94. The molecule has 142 valence electrons. The van der Waals surface area contributed by atoms with Crippen LogP contribution < -0.4 is 0 Å². The summed E-state index contributed by atoms with van der Waals surface area (Å²) in [6.07, 6.45) is 2.72. The van der Waals surface area contributed by atoms with E-state index in [1.807, 2.05) is 39.9 Å². The third-order valence-electron chi connectivity index (χ3n) is 5.02. The van der Waals surface area contributed by atoms with Gasteiger partial charge in [-0.05, 0) is 48.4 Å². The largest absolute Gasteiger partial charge is 0.339 e. The lowest BCUT2D eigenvalue weighted by Crippen LogP contribution is -2.40. The van der Waals surface area contributed by atoms with E-state index in [4.69, 9.17) is 4.52 Å². The smallest absolute Gasteiger partial charge is 0.253 e. The minimum atomic E-state index is 0.0455. The average molecular weight is 412 g/mol. The quantitative estimate of drug-likeness (QED) is 0.506. The molecule has 3 aromatic heterocycles. The van der Waals surface area contributed by atoms with E-state index >= 15 is 0 Å². The molecule has 1 aliphatic heterocycles. The van der Waals surface area contributed by atoms with Gasteiger partial charge in [0.05, 0.1) is 11.7 Å². The van der Waals surface area contributed by atoms with Gasteiger partial charge in [0.15, 0.2) is 0 Å². The number of aromatic nitrogens is 4. The van der Waals surface area contributed by atoms with E-state index in [0.29, 0.717) is 36.2 Å². The zero-order valence-electron chi connectivity index (χ0n) is 14.9. The molecule has 9 heteroatoms. The summed E-state index contributed by atoms with van der Waals surface area (Å²) in [5.41, 5.74) is 3.25. The maximum absolute atomic E-state index is 13.0. The Morgan fingerprint density at radius 2 is 2.18 bits per heavy atom. The van der Waals surface area contributed by atoms with E-state index in [1.54, 1.807) is 11.3 Å². The Morgan fingerprint density at radius 3 is 3.07 bits per heavy atom. The van der Waals surface area contributed by atoms with Crippen molar-refractivity contribution in [2.24, 2.45) is 5.92 Å². The number of carbonyl (C=O) groups is 1. The third kappa shape index (κ3) is 3.43. The Labute approximate surface area is 169 Å². The summed E-state index contributed by atoms with van der Waals surface area (Å²) in [7, 11) is 0. The number of nitrogens with zero attached hydrogens (tertiary/aromatic N) is 5. The van der Waals surface area contributed by atoms with E-state index in [-0.39, 0.29) is 5.91 Å². The van der Waals surface area contributed by atoms with Gasteiger partial charge in [0, 0.05) is 36.0 Å². The van der Waals surface area contributed by atoms with Gasteiger partial charge >= 0.3 is 0 Å². The summed E-state index contributed by atoms with van der Waals surface area (Å²) in [6.45, 7) is 1.47. The molecule has 0 radical (unpaired) electrons. The van der Waals surface area contributed by atoms with Gasteiger partial charge < -0.3 is 9.42 Å². The van der Waals surface area contributed by atoms with Gasteiger partial charge in [0.25, 0.3) is 5.91 Å². The first-order valence-electron chi connectivity index (χ1n) is 9.13. The Balaban J connectivity index is 1.27. The zero-order valence-corrected chi connectivity index (χ0v) is 16.6. The van der Waals surface area contributed by atoms with Gasteiger partial charge in [-0.1, -0.05) is 5.16 Å². The molecule has 7 nitrogen and oxygen atoms in total. The lowest BCUT2D eigenvalue weighted by molar-refractivity contribution is 0.0668. The fraction of sp³-hybridized carbons (Fsp3) is 0.316. The number of fused-ring (bicyclic) bond motifs is 1. The first-order chi connectivity index (χ1) is 13.8. The van der Waals surface area contributed by atoms with Crippen LogP contribution in [0.2, 0.25) is 0 Å². The van der Waals surface area contributed by atoms with Crippen molar-refractivity contribution >= 4 is 40.0 Å². The van der Waals surface area contributed by atoms with Gasteiger partial charge in [-0.15, -0.1) is 0 Å². The fourth-order valence-electron chi connectivity index (χ4n) is 3.61. The molecule has 1 unspecified atom stereocenters. The minimum Gasteiger partial charge on any atom is -0.339 e. The van der Waals surface area contributed by atoms with E-state index in [9.17, 15) is 4.79 Å². The SMILES string of the molecule is O=C(c1ccc2nsnc2c1)N1CCCC(Cc2nc(-c3ccsc3)no2)C1. The molecule has 1 fully saturated rings. The topological polar surface area (TPSA) is 85.0 Å². The van der Waals surface area contributed by atoms with Crippen molar-refractivity contribution in [3.05, 3.63) is 46.5 Å². The van der Waals surface area contributed by atoms with Crippen LogP contribution in [0.3, 0.4) is 0 Å². The molecule has 0 spiro atoms. The highest BCUT2D eigenvalue weighted by atomic mass is 32.1. The predicted octanol–water partition coefficient (Wildman–Crippen LogP) is 3.90. The Hall–Kier alpha value is -2.65. The molecule has 0 bridgehead atoms. The molecule has 0 N–H and O–H groups in total. The Bertz CT molecular complexity index is 1100. The lowest BCUT2D eigenvalue weighted by Gasteiger charge is -2.32. The molecular weight excluding hydrogens is 394 g/mol. The van der Waals surface area contributed by atoms with Crippen molar-refractivity contribution in [3.8, 4) is 11.4 Å². The molecular formula is C19H17N5O2S2. The number of hydrogen-bond acceptors (Lipinski definition) is 8. The minimum absolute atomic E-state index is 0.0455. The average Bonchev–Trinajstić information content (AvgIpc) is 3.47. The number of rotatable bonds is 4. The van der Waals surface area contributed by atoms with E-state index in [0.717, 1.165) is 47.7 Å². The van der Waals surface area contributed by atoms with Crippen LogP contribution >= 0.6 is 23.1 Å². The van der Waals surface area contributed by atoms with Crippen molar-refractivity contribution in [3.63, 3.8) is 0 Å². The van der Waals surface area contributed by atoms with Gasteiger partial charge in [-0.3, -0.25) is 4.79 Å². The summed E-state index contributed by atoms with van der Waals surface area (Å²) in [6, 6.07) is 7.50. The molecule has 4 heterocycles. The van der Waals surface area contributed by atoms with E-state index in [2.05, 4.69) is 18.9 Å². The highest BCUT2D eigenvalue weighted by Crippen LogP contribution is 2.24. The van der Waals surface area contributed by atoms with Gasteiger partial charge in [0.1, 0.15) is 11.0 Å². The van der Waals surface area contributed by atoms with Gasteiger partial charge in [-0.25, -0.2) is 0 Å². The first-order valence-corrected chi connectivity index (χ1v) is 10.8. The normalized spacial score (nSPS) is 17.3. The van der Waals surface area contributed by atoms with Gasteiger partial charge in [0.2, 0.25) is 11.7 Å². The highest BCUT2D eigenvalue weighted by molar-refractivity contribution is 7.08. The van der Waals surface area contributed by atoms with E-state index < -0.39 is 0 Å². The van der Waals surface area contributed by atoms with Crippen LogP contribution in [0.15, 0.2) is 39.5 Å². The predicted molar refractivity (Wildman–Crippen MR) is 107 cm³/mol. The van der Waals surface area contributed by atoms with Gasteiger partial charge in [-0.2, -0.15) is 25.1 Å². The summed E-state index contributed by atoms with van der Waals surface area (Å²) in [5, 5.41) is 8.08. The molecule has 1 amide bonds. The second-order valence-corrected chi connectivity index (χ2v) is 8.26. The first kappa shape index (κ1) is 17.4. The zero-order chi connectivity index (χ0) is 18.9. The monoisotopic (exact) mass is 411 g/mol. The fourth-order valence-corrected chi connectivity index (χ4v) is 4.76. The molecule has 4 aromatic rings. The van der Waals surface area contributed by atoms with Crippen molar-refractivity contribution in [1.82, 2.24) is 23.8 Å². The van der Waals surface area contributed by atoms with Crippen LogP contribution in [-0.2, 0) is 6.42 Å². The maximum atomic E-state index is 13.0. The van der Waals surface area contributed by atoms with Crippen LogP contribution in [-0.4, -0.2) is 42.8 Å². The Morgan fingerprint density at radius 1 is 1.25 bits per heavy atom. The Kier molecular flexibility index (Phi) is 4.61. The summed E-state index contributed by atoms with van der Waals surface area (Å²) >= 11 is 2.77. The number of likely N-dealkylation sites (tertiary alicyclic amines) is 1. The third-order valence-corrected chi connectivity index (χ3v) is 6.26. The van der Waals surface area contributed by atoms with Crippen LogP contribution in [0, 0.1) is 5.92 Å². The number of benzene rings is 1. The summed E-state index contributed by atoms with van der Waals surface area (Å²) in [5.74, 6) is 1.63. The van der Waals surface area contributed by atoms with Crippen molar-refractivity contribution in [1.29, 1.82) is 0 Å². The van der Waals surface area contributed by atoms with Crippen LogP contribution in [0.4, 0.5) is 0 Å². The molecule has 1 atom stereocenters. The molecule has 0 aliphatic carbocycles. The summed E-state index contributed by atoms with van der Waals surface area (Å²) < 4.78 is 13.9. The molecule has 1 saturated heterocycles. The van der Waals surface area contributed by atoms with E-state index in [1.165, 1.54) is 0 Å². The molecule has 1 aliphatic rings. The highest BCUT2D eigenvalue weighted by Gasteiger charge is 2.26. The second kappa shape index (κ2) is 7.40. The number of carbonyl (C=O) groups excluding carboxylic acids is 1. The number of amides is 1. The molecule has 28 heavy (non-hydrogen) atoms. The standard InChI is InChI=1S/C19H17N5O2S2/c25-19(13-3-4-15-16(9-13)23-28-22-15)24-6-1-2-12(10-24)8-17-20-18(21-26-17)14-5-7-27-11-14/h3-5,7,9,11-12H,1-2,6,8,10H2. The molecule has 5 rings (SSSR count). The second-order valence-electron chi connectivity index (χ2n) is 6.96. The number of thiophene rings is 1. The number of piperidine rings is 1. The molecule has 0 saturated carbocycles. The van der Waals surface area contributed by atoms with Crippen LogP contribution in [0.25, 0.3) is 22.4 Å². The maximum Gasteiger partial charge on any atom is 0.253 e. The van der Waals surface area contributed by atoms with Crippen molar-refractivity contribution in [2.75, 3.05) is 13.1 Å². The molecule has 1 aromatic carbocycles. The van der Waals surface area contributed by atoms with Crippen molar-refractivity contribution in [2.45, 2.75) is 19.3 Å². The summed E-state index contributed by atoms with van der Waals surface area (Å²) in [4.78, 5) is 19.4.